The molecule has 0 saturated carbocycles. The molecule has 4 aromatic carbocycles. The highest BCUT2D eigenvalue weighted by molar-refractivity contribution is 7.85. The average molecular weight is 489 g/mol. The summed E-state index contributed by atoms with van der Waals surface area (Å²) >= 11 is 0. The van der Waals surface area contributed by atoms with Crippen LogP contribution in [0.3, 0.4) is 0 Å². The summed E-state index contributed by atoms with van der Waals surface area (Å²) in [5.74, 6) is 0. The summed E-state index contributed by atoms with van der Waals surface area (Å²) in [5, 5.41) is 0. The minimum atomic E-state index is -4.52. The van der Waals surface area contributed by atoms with Crippen molar-refractivity contribution in [3.05, 3.63) is 103 Å². The molecule has 33 heavy (non-hydrogen) atoms. The third-order valence-electron chi connectivity index (χ3n) is 5.12. The Labute approximate surface area is 196 Å². The summed E-state index contributed by atoms with van der Waals surface area (Å²) in [5.41, 5.74) is 7.21. The highest BCUT2D eigenvalue weighted by atomic mass is 32.2. The van der Waals surface area contributed by atoms with E-state index in [1.807, 2.05) is 0 Å². The minimum absolute atomic E-state index is 0. The lowest BCUT2D eigenvalue weighted by Crippen LogP contribution is -2.05. The van der Waals surface area contributed by atoms with Crippen LogP contribution in [-0.4, -0.2) is 13.0 Å². The van der Waals surface area contributed by atoms with Crippen LogP contribution < -0.4 is 0 Å². The Kier molecular flexibility index (Phi) is 7.02. The van der Waals surface area contributed by atoms with Crippen LogP contribution in [0.25, 0.3) is 33.4 Å². The van der Waals surface area contributed by atoms with Crippen LogP contribution in [0.1, 0.15) is 5.56 Å². The molecule has 1 aliphatic carbocycles. The maximum Gasteiger partial charge on any atom is 0.416 e. The van der Waals surface area contributed by atoms with Crippen molar-refractivity contribution in [1.29, 1.82) is 0 Å². The van der Waals surface area contributed by atoms with Crippen molar-refractivity contribution in [2.45, 2.75) is 11.1 Å². The molecule has 0 saturated heterocycles. The van der Waals surface area contributed by atoms with Crippen LogP contribution in [0.5, 0.6) is 0 Å². The van der Waals surface area contributed by atoms with Crippen LogP contribution in [0, 0.1) is 0 Å². The standard InChI is InChI=1S/C18H12.C7H5F3O3S.H2S/c1-2-7-13(8-3-1)14-11-6-12-17-15-9-4-5-10-16(15)18(14)17;8-7(9,10)5-1-3-6(4-2-5)14(11,12)13;/h1-12H;1-4H,(H,11,12,13);1H2. The van der Waals surface area contributed by atoms with Crippen molar-refractivity contribution in [1.82, 2.24) is 0 Å². The average Bonchev–Trinajstić information content (AvgIpc) is 2.77. The van der Waals surface area contributed by atoms with E-state index in [0.717, 1.165) is 0 Å². The molecule has 0 amide bonds. The second-order valence-corrected chi connectivity index (χ2v) is 8.56. The number of fused-ring (bicyclic) bond motifs is 4. The van der Waals surface area contributed by atoms with Crippen molar-refractivity contribution in [3.8, 4) is 33.4 Å². The Morgan fingerprint density at radius 3 is 1.70 bits per heavy atom. The first-order valence-corrected chi connectivity index (χ1v) is 11.0. The minimum Gasteiger partial charge on any atom is -0.282 e. The third-order valence-corrected chi connectivity index (χ3v) is 5.98. The van der Waals surface area contributed by atoms with E-state index in [-0.39, 0.29) is 13.5 Å². The molecule has 0 atom stereocenters. The topological polar surface area (TPSA) is 54.4 Å². The van der Waals surface area contributed by atoms with Gasteiger partial charge in [-0.05, 0) is 57.6 Å². The fraction of sp³-hybridized carbons (Fsp3) is 0.0400. The highest BCUT2D eigenvalue weighted by Crippen LogP contribution is 2.51. The molecule has 3 nitrogen and oxygen atoms in total. The van der Waals surface area contributed by atoms with E-state index in [1.54, 1.807) is 0 Å². The molecule has 0 spiro atoms. The van der Waals surface area contributed by atoms with Crippen molar-refractivity contribution in [2.75, 3.05) is 0 Å². The maximum absolute atomic E-state index is 12.0. The predicted molar refractivity (Wildman–Crippen MR) is 128 cm³/mol. The lowest BCUT2D eigenvalue weighted by atomic mass is 9.77. The molecule has 0 radical (unpaired) electrons. The Hall–Kier alpha value is -3.07. The fourth-order valence-electron chi connectivity index (χ4n) is 3.61. The summed E-state index contributed by atoms with van der Waals surface area (Å²) in [6.07, 6.45) is -4.52. The second-order valence-electron chi connectivity index (χ2n) is 7.14. The molecule has 0 aromatic heterocycles. The molecule has 0 heterocycles. The molecular weight excluding hydrogens is 469 g/mol. The summed E-state index contributed by atoms with van der Waals surface area (Å²) in [6, 6.07) is 28.4. The van der Waals surface area contributed by atoms with E-state index in [4.69, 9.17) is 4.55 Å². The molecule has 0 fully saturated rings. The second kappa shape index (κ2) is 9.43. The molecule has 1 N–H and O–H groups in total. The van der Waals surface area contributed by atoms with E-state index in [0.29, 0.717) is 24.3 Å². The van der Waals surface area contributed by atoms with Gasteiger partial charge in [0.25, 0.3) is 10.1 Å². The van der Waals surface area contributed by atoms with Gasteiger partial charge in [-0.15, -0.1) is 0 Å². The number of halogens is 3. The number of alkyl halides is 3. The zero-order chi connectivity index (χ0) is 22.9. The summed E-state index contributed by atoms with van der Waals surface area (Å²) in [6.45, 7) is 0. The first-order chi connectivity index (χ1) is 15.2. The quantitative estimate of drug-likeness (QED) is 0.271. The summed E-state index contributed by atoms with van der Waals surface area (Å²) in [4.78, 5) is -0.564. The molecule has 1 aliphatic rings. The summed E-state index contributed by atoms with van der Waals surface area (Å²) in [7, 11) is -4.43. The van der Waals surface area contributed by atoms with Gasteiger partial charge in [0, 0.05) is 0 Å². The van der Waals surface area contributed by atoms with E-state index in [9.17, 15) is 21.6 Å². The van der Waals surface area contributed by atoms with Crippen molar-refractivity contribution < 1.29 is 26.1 Å². The van der Waals surface area contributed by atoms with Gasteiger partial charge in [-0.25, -0.2) is 0 Å². The molecule has 4 aromatic rings. The smallest absolute Gasteiger partial charge is 0.282 e. The van der Waals surface area contributed by atoms with Gasteiger partial charge in [-0.2, -0.15) is 35.1 Å². The van der Waals surface area contributed by atoms with Gasteiger partial charge in [0.2, 0.25) is 0 Å². The normalized spacial score (nSPS) is 11.6. The molecule has 5 rings (SSSR count). The van der Waals surface area contributed by atoms with Crippen molar-refractivity contribution in [3.63, 3.8) is 0 Å². The van der Waals surface area contributed by atoms with Crippen LogP contribution in [0.2, 0.25) is 0 Å². The molecule has 8 heteroatoms. The molecular formula is C25H19F3O3S2. The zero-order valence-electron chi connectivity index (χ0n) is 17.0. The Morgan fingerprint density at radius 2 is 1.12 bits per heavy atom. The predicted octanol–water partition coefficient (Wildman–Crippen LogP) is 7.07. The lowest BCUT2D eigenvalue weighted by molar-refractivity contribution is -0.137. The molecule has 0 unspecified atom stereocenters. The van der Waals surface area contributed by atoms with E-state index in [2.05, 4.69) is 72.8 Å². The third kappa shape index (κ3) is 5.13. The monoisotopic (exact) mass is 488 g/mol. The van der Waals surface area contributed by atoms with Crippen LogP contribution in [0.15, 0.2) is 102 Å². The lowest BCUT2D eigenvalue weighted by Gasteiger charge is -2.26. The number of benzene rings is 4. The van der Waals surface area contributed by atoms with Gasteiger partial charge >= 0.3 is 6.18 Å². The van der Waals surface area contributed by atoms with Crippen LogP contribution in [-0.2, 0) is 16.3 Å². The van der Waals surface area contributed by atoms with E-state index in [1.165, 1.54) is 33.4 Å². The van der Waals surface area contributed by atoms with Gasteiger partial charge in [0.15, 0.2) is 0 Å². The van der Waals surface area contributed by atoms with Gasteiger partial charge in [0.1, 0.15) is 0 Å². The largest absolute Gasteiger partial charge is 0.416 e. The van der Waals surface area contributed by atoms with Crippen molar-refractivity contribution >= 4 is 23.6 Å². The molecule has 0 bridgehead atoms. The van der Waals surface area contributed by atoms with Gasteiger partial charge in [-0.3, -0.25) is 4.55 Å². The Bertz CT molecular complexity index is 1350. The van der Waals surface area contributed by atoms with Crippen molar-refractivity contribution in [2.24, 2.45) is 0 Å². The zero-order valence-corrected chi connectivity index (χ0v) is 18.9. The summed E-state index contributed by atoms with van der Waals surface area (Å²) < 4.78 is 65.4. The van der Waals surface area contributed by atoms with E-state index < -0.39 is 26.8 Å². The van der Waals surface area contributed by atoms with Gasteiger partial charge in [0.05, 0.1) is 10.5 Å². The number of hydrogen-bond donors (Lipinski definition) is 1. The maximum atomic E-state index is 12.0. The number of rotatable bonds is 2. The fourth-order valence-corrected chi connectivity index (χ4v) is 4.09. The first kappa shape index (κ1) is 24.6. The van der Waals surface area contributed by atoms with Gasteiger partial charge in [-0.1, -0.05) is 72.8 Å². The molecule has 0 aliphatic heterocycles. The Morgan fingerprint density at radius 1 is 0.606 bits per heavy atom. The number of hydrogen-bond acceptors (Lipinski definition) is 2. The molecule has 170 valence electrons. The van der Waals surface area contributed by atoms with Crippen LogP contribution >= 0.6 is 13.5 Å². The van der Waals surface area contributed by atoms with Gasteiger partial charge < -0.3 is 0 Å². The SMILES string of the molecule is O=S(=O)(O)c1ccc(C(F)(F)F)cc1.S.c1ccc(-c2cccc3c2-c2ccccc2-3)cc1. The van der Waals surface area contributed by atoms with Crippen LogP contribution in [0.4, 0.5) is 13.2 Å². The highest BCUT2D eigenvalue weighted by Gasteiger charge is 2.30. The Balaban J connectivity index is 0.000000187. The van der Waals surface area contributed by atoms with E-state index >= 15 is 0 Å². The first-order valence-electron chi connectivity index (χ1n) is 9.59.